The SMILES string of the molecule is CNc1ccc2[nH]c(C(N)C3CC3)nc2n1. The minimum absolute atomic E-state index is 0.0345. The number of pyridine rings is 1. The van der Waals surface area contributed by atoms with Crippen molar-refractivity contribution in [3.63, 3.8) is 0 Å². The van der Waals surface area contributed by atoms with Crippen molar-refractivity contribution in [1.82, 2.24) is 15.0 Å². The first-order chi connectivity index (χ1) is 7.78. The highest BCUT2D eigenvalue weighted by Gasteiger charge is 2.31. The van der Waals surface area contributed by atoms with E-state index in [1.54, 1.807) is 0 Å². The van der Waals surface area contributed by atoms with Gasteiger partial charge < -0.3 is 16.0 Å². The van der Waals surface area contributed by atoms with Gasteiger partial charge in [0, 0.05) is 7.05 Å². The van der Waals surface area contributed by atoms with Crippen LogP contribution in [0.25, 0.3) is 11.2 Å². The lowest BCUT2D eigenvalue weighted by Gasteiger charge is -2.04. The van der Waals surface area contributed by atoms with E-state index in [0.29, 0.717) is 5.92 Å². The Morgan fingerprint density at radius 1 is 1.44 bits per heavy atom. The zero-order valence-corrected chi connectivity index (χ0v) is 9.20. The predicted octanol–water partition coefficient (Wildman–Crippen LogP) is 1.41. The van der Waals surface area contributed by atoms with Gasteiger partial charge in [-0.05, 0) is 30.9 Å². The molecule has 5 nitrogen and oxygen atoms in total. The van der Waals surface area contributed by atoms with Gasteiger partial charge >= 0.3 is 0 Å². The molecule has 1 saturated carbocycles. The molecule has 1 aliphatic rings. The van der Waals surface area contributed by atoms with E-state index in [9.17, 15) is 0 Å². The first-order valence-electron chi connectivity index (χ1n) is 5.58. The van der Waals surface area contributed by atoms with Gasteiger partial charge in [-0.25, -0.2) is 9.97 Å². The van der Waals surface area contributed by atoms with Gasteiger partial charge in [0.05, 0.1) is 11.6 Å². The van der Waals surface area contributed by atoms with Gasteiger partial charge in [-0.3, -0.25) is 0 Å². The topological polar surface area (TPSA) is 79.6 Å². The van der Waals surface area contributed by atoms with Crippen LogP contribution in [0.4, 0.5) is 5.82 Å². The van der Waals surface area contributed by atoms with E-state index >= 15 is 0 Å². The fourth-order valence-corrected chi connectivity index (χ4v) is 1.89. The average molecular weight is 217 g/mol. The van der Waals surface area contributed by atoms with Gasteiger partial charge in [0.25, 0.3) is 0 Å². The fourth-order valence-electron chi connectivity index (χ4n) is 1.89. The van der Waals surface area contributed by atoms with E-state index in [-0.39, 0.29) is 6.04 Å². The summed E-state index contributed by atoms with van der Waals surface area (Å²) in [6.45, 7) is 0. The van der Waals surface area contributed by atoms with Crippen LogP contribution in [0.1, 0.15) is 24.7 Å². The normalized spacial score (nSPS) is 17.6. The third-order valence-electron chi connectivity index (χ3n) is 3.07. The molecule has 4 N–H and O–H groups in total. The van der Waals surface area contributed by atoms with E-state index in [2.05, 4.69) is 20.3 Å². The lowest BCUT2D eigenvalue weighted by Crippen LogP contribution is -2.13. The van der Waals surface area contributed by atoms with Gasteiger partial charge in [-0.1, -0.05) is 0 Å². The fraction of sp³-hybridized carbons (Fsp3) is 0.455. The Morgan fingerprint density at radius 3 is 2.94 bits per heavy atom. The molecule has 0 aliphatic heterocycles. The molecule has 0 amide bonds. The molecule has 0 aromatic carbocycles. The van der Waals surface area contributed by atoms with Crippen LogP contribution in [0.15, 0.2) is 12.1 Å². The summed E-state index contributed by atoms with van der Waals surface area (Å²) in [4.78, 5) is 12.1. The number of rotatable bonds is 3. The third-order valence-corrected chi connectivity index (χ3v) is 3.07. The molecule has 1 unspecified atom stereocenters. The van der Waals surface area contributed by atoms with E-state index in [4.69, 9.17) is 5.73 Å². The van der Waals surface area contributed by atoms with Gasteiger partial charge in [0.15, 0.2) is 5.65 Å². The van der Waals surface area contributed by atoms with Crippen LogP contribution in [0.2, 0.25) is 0 Å². The zero-order chi connectivity index (χ0) is 11.1. The molecule has 2 aromatic rings. The van der Waals surface area contributed by atoms with E-state index < -0.39 is 0 Å². The molecule has 16 heavy (non-hydrogen) atoms. The standard InChI is InChI=1S/C11H15N5/c1-13-8-5-4-7-10(15-8)16-11(14-7)9(12)6-2-3-6/h4-6,9H,2-3,12H2,1H3,(H2,13,14,15,16). The summed E-state index contributed by atoms with van der Waals surface area (Å²) in [5.41, 5.74) is 7.78. The second kappa shape index (κ2) is 3.45. The first-order valence-corrected chi connectivity index (χ1v) is 5.58. The summed E-state index contributed by atoms with van der Waals surface area (Å²) in [5.74, 6) is 2.29. The summed E-state index contributed by atoms with van der Waals surface area (Å²) in [5, 5.41) is 3.00. The van der Waals surface area contributed by atoms with Crippen LogP contribution in [-0.2, 0) is 0 Å². The van der Waals surface area contributed by atoms with E-state index in [1.165, 1.54) is 12.8 Å². The molecule has 2 aromatic heterocycles. The largest absolute Gasteiger partial charge is 0.373 e. The highest BCUT2D eigenvalue weighted by atomic mass is 15.1. The van der Waals surface area contributed by atoms with Crippen LogP contribution in [0.3, 0.4) is 0 Å². The van der Waals surface area contributed by atoms with Crippen LogP contribution in [-0.4, -0.2) is 22.0 Å². The van der Waals surface area contributed by atoms with Crippen molar-refractivity contribution >= 4 is 17.0 Å². The molecule has 1 aliphatic carbocycles. The zero-order valence-electron chi connectivity index (χ0n) is 9.20. The number of nitrogens with two attached hydrogens (primary N) is 1. The van der Waals surface area contributed by atoms with Crippen molar-refractivity contribution in [3.05, 3.63) is 18.0 Å². The minimum Gasteiger partial charge on any atom is -0.373 e. The Bertz CT molecular complexity index is 514. The number of anilines is 1. The number of hydrogen-bond acceptors (Lipinski definition) is 4. The molecular formula is C11H15N5. The van der Waals surface area contributed by atoms with Crippen molar-refractivity contribution in [2.24, 2.45) is 11.7 Å². The minimum atomic E-state index is 0.0345. The molecule has 84 valence electrons. The van der Waals surface area contributed by atoms with Crippen LogP contribution in [0, 0.1) is 5.92 Å². The molecule has 0 bridgehead atoms. The molecule has 3 rings (SSSR count). The summed E-state index contributed by atoms with van der Waals surface area (Å²) < 4.78 is 0. The Labute approximate surface area is 93.5 Å². The van der Waals surface area contributed by atoms with E-state index in [0.717, 1.165) is 22.8 Å². The molecule has 2 heterocycles. The highest BCUT2D eigenvalue weighted by Crippen LogP contribution is 2.38. The number of H-pyrrole nitrogens is 1. The van der Waals surface area contributed by atoms with E-state index in [1.807, 2.05) is 19.2 Å². The number of nitrogens with one attached hydrogen (secondary N) is 2. The maximum atomic E-state index is 6.10. The number of imidazole rings is 1. The monoisotopic (exact) mass is 217 g/mol. The van der Waals surface area contributed by atoms with Crippen LogP contribution >= 0.6 is 0 Å². The van der Waals surface area contributed by atoms with Crippen LogP contribution < -0.4 is 11.1 Å². The second-order valence-corrected chi connectivity index (χ2v) is 4.30. The van der Waals surface area contributed by atoms with Crippen molar-refractivity contribution in [1.29, 1.82) is 0 Å². The quantitative estimate of drug-likeness (QED) is 0.726. The molecule has 1 fully saturated rings. The second-order valence-electron chi connectivity index (χ2n) is 4.30. The van der Waals surface area contributed by atoms with Crippen molar-refractivity contribution in [2.45, 2.75) is 18.9 Å². The number of aromatic amines is 1. The molecule has 5 heteroatoms. The Kier molecular flexibility index (Phi) is 2.07. The maximum absolute atomic E-state index is 6.10. The Hall–Kier alpha value is -1.62. The first kappa shape index (κ1) is 9.59. The average Bonchev–Trinajstić information content (AvgIpc) is 3.06. The molecule has 0 saturated heterocycles. The molecule has 0 radical (unpaired) electrons. The van der Waals surface area contributed by atoms with Crippen LogP contribution in [0.5, 0.6) is 0 Å². The van der Waals surface area contributed by atoms with Gasteiger partial charge in [0.2, 0.25) is 0 Å². The van der Waals surface area contributed by atoms with Crippen molar-refractivity contribution in [2.75, 3.05) is 12.4 Å². The number of hydrogen-bond donors (Lipinski definition) is 3. The molecule has 0 spiro atoms. The summed E-state index contributed by atoms with van der Waals surface area (Å²) in [6, 6.07) is 3.93. The van der Waals surface area contributed by atoms with Gasteiger partial charge in [-0.15, -0.1) is 0 Å². The Morgan fingerprint density at radius 2 is 2.25 bits per heavy atom. The summed E-state index contributed by atoms with van der Waals surface area (Å²) in [7, 11) is 1.84. The summed E-state index contributed by atoms with van der Waals surface area (Å²) >= 11 is 0. The lowest BCUT2D eigenvalue weighted by molar-refractivity contribution is 0.602. The third kappa shape index (κ3) is 1.53. The van der Waals surface area contributed by atoms with Crippen molar-refractivity contribution in [3.8, 4) is 0 Å². The predicted molar refractivity (Wildman–Crippen MR) is 63.1 cm³/mol. The maximum Gasteiger partial charge on any atom is 0.179 e. The highest BCUT2D eigenvalue weighted by molar-refractivity contribution is 5.73. The Balaban J connectivity index is 2.01. The van der Waals surface area contributed by atoms with Gasteiger partial charge in [0.1, 0.15) is 11.6 Å². The smallest absolute Gasteiger partial charge is 0.179 e. The lowest BCUT2D eigenvalue weighted by atomic mass is 10.2. The van der Waals surface area contributed by atoms with Crippen molar-refractivity contribution < 1.29 is 0 Å². The number of aromatic nitrogens is 3. The molecular weight excluding hydrogens is 202 g/mol. The molecule has 1 atom stereocenters. The van der Waals surface area contributed by atoms with Gasteiger partial charge in [-0.2, -0.15) is 0 Å². The number of nitrogens with zero attached hydrogens (tertiary/aromatic N) is 2. The summed E-state index contributed by atoms with van der Waals surface area (Å²) in [6.07, 6.45) is 2.43. The number of fused-ring (bicyclic) bond motifs is 1.